The number of nitrogens with one attached hydrogen (secondary N) is 1. The summed E-state index contributed by atoms with van der Waals surface area (Å²) in [6.45, 7) is 0.540. The van der Waals surface area contributed by atoms with Crippen LogP contribution in [0.2, 0.25) is 5.02 Å². The molecule has 0 saturated carbocycles. The topological polar surface area (TPSA) is 52.6 Å². The van der Waals surface area contributed by atoms with Gasteiger partial charge in [-0.15, -0.1) is 0 Å². The van der Waals surface area contributed by atoms with E-state index in [0.29, 0.717) is 23.6 Å². The van der Waals surface area contributed by atoms with Crippen LogP contribution in [0.5, 0.6) is 0 Å². The van der Waals surface area contributed by atoms with E-state index in [4.69, 9.17) is 11.6 Å². The molecule has 2 N–H and O–H groups in total. The minimum Gasteiger partial charge on any atom is -0.396 e. The van der Waals surface area contributed by atoms with E-state index in [1.807, 2.05) is 0 Å². The van der Waals surface area contributed by atoms with Crippen molar-refractivity contribution in [2.45, 2.75) is 31.3 Å². The SMILES string of the molecule is O=C(NC(c1cc(F)ccc1F)c1ccccc1Cl)N1CCCC1CCO. The zero-order valence-corrected chi connectivity index (χ0v) is 15.4. The Bertz CT molecular complexity index is 818. The van der Waals surface area contributed by atoms with Gasteiger partial charge in [0.1, 0.15) is 11.6 Å². The van der Waals surface area contributed by atoms with E-state index in [0.717, 1.165) is 31.0 Å². The van der Waals surface area contributed by atoms with Gasteiger partial charge in [-0.1, -0.05) is 29.8 Å². The molecule has 4 nitrogen and oxygen atoms in total. The normalized spacial score (nSPS) is 17.8. The van der Waals surface area contributed by atoms with E-state index in [1.54, 1.807) is 29.2 Å². The lowest BCUT2D eigenvalue weighted by Gasteiger charge is -2.28. The number of nitrogens with zero attached hydrogens (tertiary/aromatic N) is 1. The van der Waals surface area contributed by atoms with Crippen LogP contribution >= 0.6 is 11.6 Å². The van der Waals surface area contributed by atoms with Gasteiger partial charge >= 0.3 is 6.03 Å². The first-order valence-electron chi connectivity index (χ1n) is 8.88. The van der Waals surface area contributed by atoms with Crippen molar-refractivity contribution < 1.29 is 18.7 Å². The summed E-state index contributed by atoms with van der Waals surface area (Å²) in [5.41, 5.74) is 0.490. The maximum atomic E-state index is 14.5. The lowest BCUT2D eigenvalue weighted by molar-refractivity contribution is 0.175. The van der Waals surface area contributed by atoms with Crippen molar-refractivity contribution in [1.29, 1.82) is 0 Å². The van der Waals surface area contributed by atoms with E-state index in [2.05, 4.69) is 5.32 Å². The molecule has 7 heteroatoms. The maximum Gasteiger partial charge on any atom is 0.318 e. The van der Waals surface area contributed by atoms with E-state index >= 15 is 0 Å². The number of benzene rings is 2. The highest BCUT2D eigenvalue weighted by molar-refractivity contribution is 6.31. The summed E-state index contributed by atoms with van der Waals surface area (Å²) in [6.07, 6.45) is 2.13. The molecule has 0 bridgehead atoms. The Morgan fingerprint density at radius 2 is 2.04 bits per heavy atom. The molecule has 2 aromatic rings. The molecule has 1 aliphatic heterocycles. The van der Waals surface area contributed by atoms with Gasteiger partial charge in [0, 0.05) is 29.8 Å². The molecule has 144 valence electrons. The summed E-state index contributed by atoms with van der Waals surface area (Å²) in [4.78, 5) is 14.5. The Morgan fingerprint density at radius 3 is 2.78 bits per heavy atom. The fraction of sp³-hybridized carbons (Fsp3) is 0.350. The average Bonchev–Trinajstić information content (AvgIpc) is 3.11. The smallest absolute Gasteiger partial charge is 0.318 e. The molecule has 0 aromatic heterocycles. The summed E-state index contributed by atoms with van der Waals surface area (Å²) < 4.78 is 28.2. The molecule has 0 radical (unpaired) electrons. The lowest BCUT2D eigenvalue weighted by Crippen LogP contribution is -2.44. The minimum absolute atomic E-state index is 0.00866. The van der Waals surface area contributed by atoms with Crippen LogP contribution in [0.1, 0.15) is 36.4 Å². The van der Waals surface area contributed by atoms with Crippen LogP contribution in [-0.4, -0.2) is 35.2 Å². The van der Waals surface area contributed by atoms with Crippen LogP contribution in [0.25, 0.3) is 0 Å². The van der Waals surface area contributed by atoms with Gasteiger partial charge in [-0.3, -0.25) is 0 Å². The first kappa shape index (κ1) is 19.6. The quantitative estimate of drug-likeness (QED) is 0.796. The van der Waals surface area contributed by atoms with Gasteiger partial charge in [-0.05, 0) is 49.1 Å². The van der Waals surface area contributed by atoms with Crippen molar-refractivity contribution in [2.75, 3.05) is 13.2 Å². The van der Waals surface area contributed by atoms with Crippen molar-refractivity contribution in [3.8, 4) is 0 Å². The number of rotatable bonds is 5. The van der Waals surface area contributed by atoms with Crippen molar-refractivity contribution in [3.05, 3.63) is 70.2 Å². The molecular formula is C20H21ClF2N2O2. The van der Waals surface area contributed by atoms with Gasteiger partial charge in [0.25, 0.3) is 0 Å². The third-order valence-electron chi connectivity index (χ3n) is 4.85. The Balaban J connectivity index is 1.94. The molecular weight excluding hydrogens is 374 g/mol. The van der Waals surface area contributed by atoms with Gasteiger partial charge in [0.2, 0.25) is 0 Å². The highest BCUT2D eigenvalue weighted by Crippen LogP contribution is 2.31. The summed E-state index contributed by atoms with van der Waals surface area (Å²) in [7, 11) is 0. The molecule has 1 aliphatic rings. The van der Waals surface area contributed by atoms with Crippen LogP contribution in [0.3, 0.4) is 0 Å². The van der Waals surface area contributed by atoms with Crippen LogP contribution in [0, 0.1) is 11.6 Å². The van der Waals surface area contributed by atoms with Gasteiger partial charge in [0.15, 0.2) is 0 Å². The van der Waals surface area contributed by atoms with E-state index in [-0.39, 0.29) is 24.2 Å². The van der Waals surface area contributed by atoms with Gasteiger partial charge in [-0.2, -0.15) is 0 Å². The minimum atomic E-state index is -0.933. The Labute approximate surface area is 161 Å². The maximum absolute atomic E-state index is 14.5. The number of hydrogen-bond acceptors (Lipinski definition) is 2. The Kier molecular flexibility index (Phi) is 6.29. The number of halogens is 3. The molecule has 2 aromatic carbocycles. The molecule has 2 atom stereocenters. The predicted molar refractivity (Wildman–Crippen MR) is 99.6 cm³/mol. The fourth-order valence-corrected chi connectivity index (χ4v) is 3.77. The van der Waals surface area contributed by atoms with Crippen molar-refractivity contribution >= 4 is 17.6 Å². The first-order chi connectivity index (χ1) is 13.0. The Morgan fingerprint density at radius 1 is 1.26 bits per heavy atom. The molecule has 3 rings (SSSR count). The number of likely N-dealkylation sites (tertiary alicyclic amines) is 1. The molecule has 27 heavy (non-hydrogen) atoms. The molecule has 0 aliphatic carbocycles. The highest BCUT2D eigenvalue weighted by atomic mass is 35.5. The van der Waals surface area contributed by atoms with E-state index in [9.17, 15) is 18.7 Å². The van der Waals surface area contributed by atoms with Crippen LogP contribution < -0.4 is 5.32 Å². The standard InChI is InChI=1S/C20H21ClF2N2O2/c21-17-6-2-1-5-15(17)19(16-12-13(22)7-8-18(16)23)24-20(27)25-10-3-4-14(25)9-11-26/h1-2,5-8,12,14,19,26H,3-4,9-11H2,(H,24,27). The highest BCUT2D eigenvalue weighted by Gasteiger charge is 2.31. The summed E-state index contributed by atoms with van der Waals surface area (Å²) in [5.74, 6) is -1.23. The van der Waals surface area contributed by atoms with Crippen molar-refractivity contribution in [1.82, 2.24) is 10.2 Å². The third-order valence-corrected chi connectivity index (χ3v) is 5.20. The van der Waals surface area contributed by atoms with Crippen LogP contribution in [0.15, 0.2) is 42.5 Å². The molecule has 0 spiro atoms. The summed E-state index contributed by atoms with van der Waals surface area (Å²) >= 11 is 6.27. The van der Waals surface area contributed by atoms with E-state index < -0.39 is 17.7 Å². The number of hydrogen-bond donors (Lipinski definition) is 2. The number of carbonyl (C=O) groups is 1. The number of carbonyl (C=O) groups excluding carboxylic acids is 1. The van der Waals surface area contributed by atoms with Gasteiger partial charge in [0.05, 0.1) is 6.04 Å². The number of amides is 2. The zero-order chi connectivity index (χ0) is 19.4. The number of aliphatic hydroxyl groups is 1. The van der Waals surface area contributed by atoms with Crippen molar-refractivity contribution in [3.63, 3.8) is 0 Å². The first-order valence-corrected chi connectivity index (χ1v) is 9.26. The molecule has 1 heterocycles. The Hall–Kier alpha value is -2.18. The van der Waals surface area contributed by atoms with Crippen molar-refractivity contribution in [2.24, 2.45) is 0 Å². The fourth-order valence-electron chi connectivity index (χ4n) is 3.53. The average molecular weight is 395 g/mol. The second kappa shape index (κ2) is 8.67. The molecule has 1 saturated heterocycles. The predicted octanol–water partition coefficient (Wildman–Crippen LogP) is 4.26. The summed E-state index contributed by atoms with van der Waals surface area (Å²) in [5, 5.41) is 12.4. The third kappa shape index (κ3) is 4.39. The molecule has 2 amide bonds. The lowest BCUT2D eigenvalue weighted by atomic mass is 9.98. The monoisotopic (exact) mass is 394 g/mol. The van der Waals surface area contributed by atoms with Gasteiger partial charge in [-0.25, -0.2) is 13.6 Å². The number of urea groups is 1. The van der Waals surface area contributed by atoms with E-state index in [1.165, 1.54) is 0 Å². The molecule has 2 unspecified atom stereocenters. The number of aliphatic hydroxyl groups excluding tert-OH is 1. The second-order valence-corrected chi connectivity index (χ2v) is 6.98. The van der Waals surface area contributed by atoms with Gasteiger partial charge < -0.3 is 15.3 Å². The largest absolute Gasteiger partial charge is 0.396 e. The zero-order valence-electron chi connectivity index (χ0n) is 14.7. The van der Waals surface area contributed by atoms with Crippen LogP contribution in [-0.2, 0) is 0 Å². The summed E-state index contributed by atoms with van der Waals surface area (Å²) in [6, 6.07) is 8.50. The molecule has 1 fully saturated rings. The van der Waals surface area contributed by atoms with Crippen LogP contribution in [0.4, 0.5) is 13.6 Å². The second-order valence-electron chi connectivity index (χ2n) is 6.57.